The molecular weight excluding hydrogens is 348 g/mol. The number of hydrogen-bond acceptors (Lipinski definition) is 6. The summed E-state index contributed by atoms with van der Waals surface area (Å²) < 4.78 is 16.9. The normalized spacial score (nSPS) is 33.0. The van der Waals surface area contributed by atoms with E-state index in [0.717, 1.165) is 12.8 Å². The molecule has 2 saturated carbocycles. The Labute approximate surface area is 161 Å². The molecule has 3 fully saturated rings. The highest BCUT2D eigenvalue weighted by Crippen LogP contribution is 2.61. The van der Waals surface area contributed by atoms with Crippen LogP contribution in [0.5, 0.6) is 0 Å². The summed E-state index contributed by atoms with van der Waals surface area (Å²) in [5.74, 6) is -2.16. The van der Waals surface area contributed by atoms with Crippen molar-refractivity contribution in [2.24, 2.45) is 29.1 Å². The molecule has 0 radical (unpaired) electrons. The Bertz CT molecular complexity index is 646. The Kier molecular flexibility index (Phi) is 4.84. The van der Waals surface area contributed by atoms with Gasteiger partial charge in [-0.1, -0.05) is 6.92 Å². The molecule has 6 nitrogen and oxygen atoms in total. The average Bonchev–Trinajstić information content (AvgIpc) is 3.11. The van der Waals surface area contributed by atoms with Crippen molar-refractivity contribution in [3.05, 3.63) is 0 Å². The molecule has 5 unspecified atom stereocenters. The third-order valence-corrected chi connectivity index (χ3v) is 6.18. The fourth-order valence-electron chi connectivity index (χ4n) is 4.87. The molecule has 1 saturated heterocycles. The van der Waals surface area contributed by atoms with Crippen molar-refractivity contribution in [2.45, 2.75) is 85.0 Å². The van der Waals surface area contributed by atoms with Gasteiger partial charge in [0.2, 0.25) is 0 Å². The van der Waals surface area contributed by atoms with Gasteiger partial charge >= 0.3 is 17.9 Å². The van der Waals surface area contributed by atoms with Crippen LogP contribution in [0.3, 0.4) is 0 Å². The van der Waals surface area contributed by atoms with Crippen molar-refractivity contribution < 1.29 is 28.6 Å². The minimum Gasteiger partial charge on any atom is -0.460 e. The molecule has 0 aromatic heterocycles. The van der Waals surface area contributed by atoms with E-state index in [4.69, 9.17) is 14.2 Å². The van der Waals surface area contributed by atoms with E-state index in [-0.39, 0.29) is 29.7 Å². The van der Waals surface area contributed by atoms with E-state index < -0.39 is 22.7 Å². The van der Waals surface area contributed by atoms with Crippen LogP contribution in [0.1, 0.15) is 73.6 Å². The maximum Gasteiger partial charge on any atom is 0.312 e. The van der Waals surface area contributed by atoms with E-state index in [0.29, 0.717) is 25.2 Å². The molecule has 0 N–H and O–H groups in total. The van der Waals surface area contributed by atoms with Crippen molar-refractivity contribution in [3.63, 3.8) is 0 Å². The van der Waals surface area contributed by atoms with Crippen LogP contribution >= 0.6 is 0 Å². The predicted octanol–water partition coefficient (Wildman–Crippen LogP) is 3.61. The number of carbonyl (C=O) groups is 3. The molecule has 3 rings (SSSR count). The monoisotopic (exact) mass is 380 g/mol. The topological polar surface area (TPSA) is 78.9 Å². The fraction of sp³-hybridized carbons (Fsp3) is 0.857. The van der Waals surface area contributed by atoms with Crippen molar-refractivity contribution in [2.75, 3.05) is 0 Å². The van der Waals surface area contributed by atoms with Crippen LogP contribution in [0.4, 0.5) is 0 Å². The van der Waals surface area contributed by atoms with Crippen LogP contribution in [-0.2, 0) is 28.6 Å². The van der Waals surface area contributed by atoms with Gasteiger partial charge in [0, 0.05) is 6.42 Å². The zero-order valence-electron chi connectivity index (χ0n) is 17.3. The Morgan fingerprint density at radius 1 is 1.22 bits per heavy atom. The summed E-state index contributed by atoms with van der Waals surface area (Å²) in [7, 11) is 0. The Morgan fingerprint density at radius 3 is 2.44 bits per heavy atom. The average molecular weight is 380 g/mol. The van der Waals surface area contributed by atoms with Crippen molar-refractivity contribution in [1.82, 2.24) is 0 Å². The smallest absolute Gasteiger partial charge is 0.312 e. The minimum absolute atomic E-state index is 0.00433. The second-order valence-electron chi connectivity index (χ2n) is 10.1. The number of esters is 3. The number of carbonyl (C=O) groups excluding carboxylic acids is 3. The lowest BCUT2D eigenvalue weighted by atomic mass is 9.81. The first kappa shape index (κ1) is 20.2. The summed E-state index contributed by atoms with van der Waals surface area (Å²) in [6.45, 7) is 11.0. The van der Waals surface area contributed by atoms with Gasteiger partial charge in [-0.25, -0.2) is 0 Å². The van der Waals surface area contributed by atoms with Gasteiger partial charge in [0.15, 0.2) is 0 Å². The maximum absolute atomic E-state index is 12.9. The summed E-state index contributed by atoms with van der Waals surface area (Å²) in [6, 6.07) is 0. The van der Waals surface area contributed by atoms with Crippen LogP contribution in [0.2, 0.25) is 0 Å². The first-order chi connectivity index (χ1) is 12.4. The van der Waals surface area contributed by atoms with Gasteiger partial charge in [0.05, 0.1) is 23.2 Å². The quantitative estimate of drug-likeness (QED) is 0.655. The molecule has 0 aromatic rings. The Hall–Kier alpha value is -1.59. The van der Waals surface area contributed by atoms with Crippen molar-refractivity contribution in [1.29, 1.82) is 0 Å². The fourth-order valence-corrected chi connectivity index (χ4v) is 4.87. The molecule has 6 heteroatoms. The van der Waals surface area contributed by atoms with Crippen LogP contribution in [0, 0.1) is 29.1 Å². The van der Waals surface area contributed by atoms with Gasteiger partial charge in [0.25, 0.3) is 5.79 Å². The third-order valence-electron chi connectivity index (χ3n) is 6.18. The largest absolute Gasteiger partial charge is 0.460 e. The predicted molar refractivity (Wildman–Crippen MR) is 97.3 cm³/mol. The Balaban J connectivity index is 1.67. The molecule has 1 aliphatic heterocycles. The molecule has 5 atom stereocenters. The molecule has 152 valence electrons. The van der Waals surface area contributed by atoms with Crippen molar-refractivity contribution >= 4 is 17.9 Å². The van der Waals surface area contributed by atoms with Gasteiger partial charge < -0.3 is 14.2 Å². The van der Waals surface area contributed by atoms with E-state index in [2.05, 4.69) is 0 Å². The van der Waals surface area contributed by atoms with E-state index in [1.54, 1.807) is 13.8 Å². The van der Waals surface area contributed by atoms with Crippen LogP contribution < -0.4 is 0 Å². The number of ether oxygens (including phenoxy) is 3. The van der Waals surface area contributed by atoms with Gasteiger partial charge in [-0.2, -0.15) is 0 Å². The van der Waals surface area contributed by atoms with E-state index in [1.165, 1.54) is 0 Å². The molecule has 27 heavy (non-hydrogen) atoms. The van der Waals surface area contributed by atoms with Gasteiger partial charge in [0.1, 0.15) is 5.60 Å². The lowest BCUT2D eigenvalue weighted by Crippen LogP contribution is -2.42. The zero-order chi connectivity index (χ0) is 20.2. The minimum atomic E-state index is -1.06. The van der Waals surface area contributed by atoms with E-state index in [1.807, 2.05) is 27.7 Å². The number of hydrogen-bond donors (Lipinski definition) is 0. The third kappa shape index (κ3) is 3.72. The van der Waals surface area contributed by atoms with E-state index in [9.17, 15) is 14.4 Å². The zero-order valence-corrected chi connectivity index (χ0v) is 17.3. The number of fused-ring (bicyclic) bond motifs is 1. The van der Waals surface area contributed by atoms with Gasteiger partial charge in [-0.15, -0.1) is 0 Å². The molecular formula is C21H32O6. The standard InChI is InChI=1S/C21H32O6/c1-7-13(11-20(5,6)18(24)27-19(2,3)4)16(22)25-21-10-12-8-14(15(21)9-12)17(23)26-21/h12-15H,7-11H2,1-6H3. The molecule has 2 bridgehead atoms. The lowest BCUT2D eigenvalue weighted by Gasteiger charge is -2.33. The molecule has 0 aromatic carbocycles. The second-order valence-corrected chi connectivity index (χ2v) is 10.1. The second kappa shape index (κ2) is 6.49. The summed E-state index contributed by atoms with van der Waals surface area (Å²) in [4.78, 5) is 37.5. The number of rotatable bonds is 6. The summed E-state index contributed by atoms with van der Waals surface area (Å²) in [5, 5.41) is 0. The summed E-state index contributed by atoms with van der Waals surface area (Å²) >= 11 is 0. The van der Waals surface area contributed by atoms with Crippen molar-refractivity contribution in [3.8, 4) is 0 Å². The highest BCUT2D eigenvalue weighted by molar-refractivity contribution is 5.80. The summed E-state index contributed by atoms with van der Waals surface area (Å²) in [5.41, 5.74) is -1.39. The van der Waals surface area contributed by atoms with E-state index >= 15 is 0 Å². The molecule has 2 aliphatic carbocycles. The highest BCUT2D eigenvalue weighted by Gasteiger charge is 2.68. The van der Waals surface area contributed by atoms with Gasteiger partial charge in [-0.05, 0) is 66.2 Å². The first-order valence-corrected chi connectivity index (χ1v) is 10.1. The molecule has 0 spiro atoms. The first-order valence-electron chi connectivity index (χ1n) is 10.1. The molecule has 1 heterocycles. The molecule has 3 aliphatic rings. The molecule has 0 amide bonds. The van der Waals surface area contributed by atoms with Crippen LogP contribution in [0.15, 0.2) is 0 Å². The highest BCUT2D eigenvalue weighted by atomic mass is 16.7. The lowest BCUT2D eigenvalue weighted by molar-refractivity contribution is -0.226. The van der Waals surface area contributed by atoms with Gasteiger partial charge in [-0.3, -0.25) is 14.4 Å². The SMILES string of the molecule is CCC(CC(C)(C)C(=O)OC(C)(C)C)C(=O)OC12CC3CC(C(=O)O1)C2C3. The Morgan fingerprint density at radius 2 is 1.89 bits per heavy atom. The maximum atomic E-state index is 12.9. The summed E-state index contributed by atoms with van der Waals surface area (Å²) in [6.07, 6.45) is 3.23. The van der Waals surface area contributed by atoms with Crippen LogP contribution in [0.25, 0.3) is 0 Å². The van der Waals surface area contributed by atoms with Crippen LogP contribution in [-0.4, -0.2) is 29.3 Å².